The molecule has 1 aromatic heterocycles. The number of nitrogen functional groups attached to an aromatic ring is 1. The Labute approximate surface area is 105 Å². The number of anilines is 1. The first-order valence-corrected chi connectivity index (χ1v) is 5.74. The molecule has 0 fully saturated rings. The molecule has 5 heteroatoms. The van der Waals surface area contributed by atoms with Gasteiger partial charge in [-0.25, -0.2) is 0 Å². The van der Waals surface area contributed by atoms with E-state index in [-0.39, 0.29) is 0 Å². The molecule has 0 saturated carbocycles. The summed E-state index contributed by atoms with van der Waals surface area (Å²) in [6.07, 6.45) is 3.48. The summed E-state index contributed by atoms with van der Waals surface area (Å²) in [5, 5.41) is 4.77. The first kappa shape index (κ1) is 11.8. The molecule has 0 saturated heterocycles. The zero-order valence-corrected chi connectivity index (χ0v) is 10.5. The predicted octanol–water partition coefficient (Wildman–Crippen LogP) is 3.24. The zero-order chi connectivity index (χ0) is 12.4. The second-order valence-corrected chi connectivity index (χ2v) is 4.13. The van der Waals surface area contributed by atoms with Gasteiger partial charge in [-0.15, -0.1) is 0 Å². The van der Waals surface area contributed by atoms with Crippen LogP contribution in [0.25, 0.3) is 0 Å². The Kier molecular flexibility index (Phi) is 3.24. The van der Waals surface area contributed by atoms with E-state index in [1.165, 1.54) is 0 Å². The molecule has 0 aliphatic carbocycles. The Hall–Kier alpha value is -1.68. The van der Waals surface area contributed by atoms with Gasteiger partial charge in [0.25, 0.3) is 0 Å². The maximum atomic E-state index is 6.03. The van der Waals surface area contributed by atoms with E-state index in [9.17, 15) is 0 Å². The molecule has 90 valence electrons. The lowest BCUT2D eigenvalue weighted by Gasteiger charge is -2.10. The monoisotopic (exact) mass is 251 g/mol. The Balaban J connectivity index is 2.32. The van der Waals surface area contributed by atoms with Gasteiger partial charge in [-0.3, -0.25) is 4.68 Å². The van der Waals surface area contributed by atoms with E-state index in [4.69, 9.17) is 22.1 Å². The molecule has 0 bridgehead atoms. The molecule has 0 unspecified atom stereocenters. The minimum Gasteiger partial charge on any atom is -0.452 e. The number of nitrogens with zero attached hydrogens (tertiary/aromatic N) is 2. The molecular weight excluding hydrogens is 238 g/mol. The Morgan fingerprint density at radius 1 is 1.47 bits per heavy atom. The van der Waals surface area contributed by atoms with Gasteiger partial charge in [0.05, 0.1) is 18.1 Å². The minimum absolute atomic E-state index is 0.566. The number of benzene rings is 1. The molecule has 0 spiro atoms. The third-order valence-electron chi connectivity index (χ3n) is 2.52. The number of ether oxygens (including phenoxy) is 1. The van der Waals surface area contributed by atoms with Gasteiger partial charge in [-0.05, 0) is 26.0 Å². The van der Waals surface area contributed by atoms with Crippen LogP contribution < -0.4 is 10.5 Å². The van der Waals surface area contributed by atoms with Crippen LogP contribution in [0, 0.1) is 6.92 Å². The number of rotatable bonds is 3. The molecule has 0 radical (unpaired) electrons. The lowest BCUT2D eigenvalue weighted by molar-refractivity contribution is 0.480. The van der Waals surface area contributed by atoms with Crippen molar-refractivity contribution < 1.29 is 4.74 Å². The SMILES string of the molecule is CCn1cc(Oc2c(N)ccc(Cl)c2C)cn1. The maximum absolute atomic E-state index is 6.03. The molecule has 0 atom stereocenters. The molecule has 2 N–H and O–H groups in total. The second kappa shape index (κ2) is 4.67. The van der Waals surface area contributed by atoms with Crippen LogP contribution in [-0.4, -0.2) is 9.78 Å². The number of aryl methyl sites for hydroxylation is 1. The summed E-state index contributed by atoms with van der Waals surface area (Å²) in [4.78, 5) is 0. The molecule has 17 heavy (non-hydrogen) atoms. The standard InChI is InChI=1S/C12H14ClN3O/c1-3-16-7-9(6-15-16)17-12-8(2)10(13)4-5-11(12)14/h4-7H,3,14H2,1-2H3. The lowest BCUT2D eigenvalue weighted by Crippen LogP contribution is -1.95. The molecule has 1 heterocycles. The van der Waals surface area contributed by atoms with Crippen molar-refractivity contribution in [3.8, 4) is 11.5 Å². The van der Waals surface area contributed by atoms with E-state index >= 15 is 0 Å². The van der Waals surface area contributed by atoms with Gasteiger partial charge in [0.1, 0.15) is 0 Å². The number of hydrogen-bond donors (Lipinski definition) is 1. The van der Waals surface area contributed by atoms with Crippen molar-refractivity contribution in [3.05, 3.63) is 35.1 Å². The molecule has 0 aliphatic rings. The van der Waals surface area contributed by atoms with Gasteiger partial charge < -0.3 is 10.5 Å². The van der Waals surface area contributed by atoms with Gasteiger partial charge in [0, 0.05) is 17.1 Å². The molecular formula is C12H14ClN3O. The van der Waals surface area contributed by atoms with E-state index in [0.29, 0.717) is 22.2 Å². The van der Waals surface area contributed by atoms with Crippen LogP contribution in [0.4, 0.5) is 5.69 Å². The van der Waals surface area contributed by atoms with Crippen LogP contribution in [0.5, 0.6) is 11.5 Å². The third-order valence-corrected chi connectivity index (χ3v) is 2.93. The van der Waals surface area contributed by atoms with Crippen molar-refractivity contribution in [2.45, 2.75) is 20.4 Å². The summed E-state index contributed by atoms with van der Waals surface area (Å²) in [6.45, 7) is 4.68. The largest absolute Gasteiger partial charge is 0.452 e. The highest BCUT2D eigenvalue weighted by atomic mass is 35.5. The van der Waals surface area contributed by atoms with Crippen LogP contribution in [0.15, 0.2) is 24.5 Å². The van der Waals surface area contributed by atoms with E-state index in [0.717, 1.165) is 12.1 Å². The van der Waals surface area contributed by atoms with Crippen molar-refractivity contribution in [2.24, 2.45) is 0 Å². The molecule has 0 aliphatic heterocycles. The predicted molar refractivity (Wildman–Crippen MR) is 68.6 cm³/mol. The minimum atomic E-state index is 0.566. The first-order chi connectivity index (χ1) is 8.11. The number of aromatic nitrogens is 2. The van der Waals surface area contributed by atoms with Crippen molar-refractivity contribution in [1.29, 1.82) is 0 Å². The number of nitrogens with two attached hydrogens (primary N) is 1. The second-order valence-electron chi connectivity index (χ2n) is 3.72. The maximum Gasteiger partial charge on any atom is 0.165 e. The fourth-order valence-electron chi connectivity index (χ4n) is 1.51. The summed E-state index contributed by atoms with van der Waals surface area (Å²) in [6, 6.07) is 3.49. The third kappa shape index (κ3) is 2.36. The molecule has 1 aromatic carbocycles. The van der Waals surface area contributed by atoms with Crippen molar-refractivity contribution in [1.82, 2.24) is 9.78 Å². The van der Waals surface area contributed by atoms with Crippen molar-refractivity contribution >= 4 is 17.3 Å². The summed E-state index contributed by atoms with van der Waals surface area (Å²) in [7, 11) is 0. The zero-order valence-electron chi connectivity index (χ0n) is 9.77. The van der Waals surface area contributed by atoms with Crippen LogP contribution in [0.2, 0.25) is 5.02 Å². The van der Waals surface area contributed by atoms with Crippen molar-refractivity contribution in [2.75, 3.05) is 5.73 Å². The van der Waals surface area contributed by atoms with Crippen molar-refractivity contribution in [3.63, 3.8) is 0 Å². The first-order valence-electron chi connectivity index (χ1n) is 5.36. The fourth-order valence-corrected chi connectivity index (χ4v) is 1.66. The van der Waals surface area contributed by atoms with Crippen LogP contribution in [0.3, 0.4) is 0 Å². The van der Waals surface area contributed by atoms with Gasteiger partial charge in [0.15, 0.2) is 11.5 Å². The topological polar surface area (TPSA) is 53.1 Å². The Morgan fingerprint density at radius 3 is 2.88 bits per heavy atom. The average Bonchev–Trinajstić information content (AvgIpc) is 2.77. The van der Waals surface area contributed by atoms with Gasteiger partial charge >= 0.3 is 0 Å². The summed E-state index contributed by atoms with van der Waals surface area (Å²) >= 11 is 6.03. The van der Waals surface area contributed by atoms with E-state index in [1.54, 1.807) is 23.0 Å². The molecule has 2 rings (SSSR count). The Morgan fingerprint density at radius 2 is 2.24 bits per heavy atom. The highest BCUT2D eigenvalue weighted by Crippen LogP contribution is 2.34. The summed E-state index contributed by atoms with van der Waals surface area (Å²) < 4.78 is 7.49. The van der Waals surface area contributed by atoms with Gasteiger partial charge in [-0.1, -0.05) is 11.6 Å². The lowest BCUT2D eigenvalue weighted by atomic mass is 10.2. The van der Waals surface area contributed by atoms with E-state index < -0.39 is 0 Å². The van der Waals surface area contributed by atoms with Crippen LogP contribution >= 0.6 is 11.6 Å². The highest BCUT2D eigenvalue weighted by molar-refractivity contribution is 6.31. The summed E-state index contributed by atoms with van der Waals surface area (Å²) in [5.41, 5.74) is 7.26. The van der Waals surface area contributed by atoms with Gasteiger partial charge in [0.2, 0.25) is 0 Å². The quantitative estimate of drug-likeness (QED) is 0.852. The fraction of sp³-hybridized carbons (Fsp3) is 0.250. The molecule has 2 aromatic rings. The van der Waals surface area contributed by atoms with E-state index in [2.05, 4.69) is 5.10 Å². The van der Waals surface area contributed by atoms with Gasteiger partial charge in [-0.2, -0.15) is 5.10 Å². The van der Waals surface area contributed by atoms with Crippen LogP contribution in [0.1, 0.15) is 12.5 Å². The van der Waals surface area contributed by atoms with E-state index in [1.807, 2.05) is 20.0 Å². The molecule has 0 amide bonds. The smallest absolute Gasteiger partial charge is 0.165 e. The Bertz CT molecular complexity index is 537. The normalized spacial score (nSPS) is 10.5. The highest BCUT2D eigenvalue weighted by Gasteiger charge is 2.10. The molecule has 4 nitrogen and oxygen atoms in total. The number of halogens is 1. The van der Waals surface area contributed by atoms with Crippen LogP contribution in [-0.2, 0) is 6.54 Å². The number of hydrogen-bond acceptors (Lipinski definition) is 3. The average molecular weight is 252 g/mol. The summed E-state index contributed by atoms with van der Waals surface area (Å²) in [5.74, 6) is 1.25.